The summed E-state index contributed by atoms with van der Waals surface area (Å²) in [7, 11) is 0. The van der Waals surface area contributed by atoms with Gasteiger partial charge in [-0.25, -0.2) is 9.59 Å². The molecule has 6 aliphatic heterocycles. The molecule has 0 aliphatic carbocycles. The van der Waals surface area contributed by atoms with Crippen LogP contribution in [0.2, 0.25) is 0 Å². The quantitative estimate of drug-likeness (QED) is 0.0418. The van der Waals surface area contributed by atoms with Crippen LogP contribution in [-0.4, -0.2) is 230 Å². The number of ether oxygens (including phenoxy) is 7. The van der Waals surface area contributed by atoms with Gasteiger partial charge in [0.15, 0.2) is 35.2 Å². The van der Waals surface area contributed by atoms with Crippen LogP contribution in [0.25, 0.3) is 0 Å². The van der Waals surface area contributed by atoms with Crippen molar-refractivity contribution in [2.24, 2.45) is 23.5 Å². The fraction of sp³-hybridized carbons (Fsp3) is 0.500. The van der Waals surface area contributed by atoms with E-state index in [1.807, 2.05) is 140 Å². The van der Waals surface area contributed by atoms with E-state index in [2.05, 4.69) is 21.7 Å². The van der Waals surface area contributed by atoms with Crippen LogP contribution in [0.5, 0.6) is 17.2 Å². The second kappa shape index (κ2) is 65.7. The van der Waals surface area contributed by atoms with Gasteiger partial charge >= 0.3 is 24.3 Å². The zero-order valence-electron chi connectivity index (χ0n) is 77.5. The number of carbonyl (C=O) groups excluding carboxylic acids is 11. The van der Waals surface area contributed by atoms with E-state index < -0.39 is 127 Å². The molecule has 3 fully saturated rings. The van der Waals surface area contributed by atoms with Crippen molar-refractivity contribution in [1.29, 1.82) is 0 Å². The third-order valence-electron chi connectivity index (χ3n) is 22.4. The highest BCUT2D eigenvalue weighted by Crippen LogP contribution is 2.31. The molecule has 12 rings (SSSR count). The number of carboxylic acids is 1. The number of nitrogens with zero attached hydrogens (tertiary/aromatic N) is 3. The zero-order valence-corrected chi connectivity index (χ0v) is 86.5. The molecule has 6 aromatic rings. The lowest BCUT2D eigenvalue weighted by Crippen LogP contribution is -2.50. The number of esters is 1. The van der Waals surface area contributed by atoms with E-state index in [1.165, 1.54) is 0 Å². The van der Waals surface area contributed by atoms with Gasteiger partial charge in [-0.05, 0) is 148 Å². The number of carbonyl (C=O) groups is 12. The van der Waals surface area contributed by atoms with Gasteiger partial charge in [0.1, 0.15) is 48.7 Å². The molecule has 138 heavy (non-hydrogen) atoms. The van der Waals surface area contributed by atoms with E-state index >= 15 is 0 Å². The largest absolute Gasteiger partial charge is 0.491 e. The number of ketones is 4. The summed E-state index contributed by atoms with van der Waals surface area (Å²) in [4.78, 5) is 163. The Balaban J connectivity index is 0.00000192. The highest BCUT2D eigenvalue weighted by atomic mass is 32.1. The monoisotopic (exact) mass is 2110 g/mol. The van der Waals surface area contributed by atoms with Gasteiger partial charge in [0.05, 0.1) is 70.7 Å². The summed E-state index contributed by atoms with van der Waals surface area (Å²) >= 11 is 0. The van der Waals surface area contributed by atoms with Gasteiger partial charge < -0.3 is 74.6 Å². The summed E-state index contributed by atoms with van der Waals surface area (Å²) in [5.74, 6) is -5.73. The van der Waals surface area contributed by atoms with Crippen LogP contribution in [0.1, 0.15) is 144 Å². The van der Waals surface area contributed by atoms with E-state index in [0.717, 1.165) is 33.4 Å². The number of rotatable bonds is 17. The summed E-state index contributed by atoms with van der Waals surface area (Å²) in [6, 6.07) is 44.9. The van der Waals surface area contributed by atoms with Gasteiger partial charge in [0, 0.05) is 102 Å². The molecule has 770 valence electrons. The Bertz CT molecular complexity index is 4740. The minimum atomic E-state index is -4.53. The normalized spacial score (nSPS) is 21.0. The smallest absolute Gasteiger partial charge is 0.400 e. The number of Topliss-reactive ketones (excluding diaryl/α,β-unsaturated/α-hetero) is 4. The number of fused-ring (bicyclic) bond motifs is 6. The van der Waals surface area contributed by atoms with E-state index in [1.54, 1.807) is 59.7 Å². The molecule has 0 spiro atoms. The molecule has 6 heterocycles. The highest BCUT2D eigenvalue weighted by Gasteiger charge is 2.42. The molecule has 6 amide bonds. The average Bonchev–Trinajstić information content (AvgIpc) is 1.62. The van der Waals surface area contributed by atoms with E-state index in [4.69, 9.17) is 33.2 Å². The average molecular weight is 2110 g/mol. The van der Waals surface area contributed by atoms with Gasteiger partial charge in [-0.3, -0.25) is 47.9 Å². The first kappa shape index (κ1) is 130. The van der Waals surface area contributed by atoms with Crippen molar-refractivity contribution >= 4 is 192 Å². The Labute approximate surface area is 865 Å². The van der Waals surface area contributed by atoms with Crippen LogP contribution in [0.4, 0.5) is 26.3 Å². The zero-order chi connectivity index (χ0) is 93.1. The van der Waals surface area contributed by atoms with Crippen molar-refractivity contribution in [2.75, 3.05) is 85.6 Å². The van der Waals surface area contributed by atoms with Crippen LogP contribution in [-0.2, 0) is 115 Å². The van der Waals surface area contributed by atoms with E-state index in [0.29, 0.717) is 120 Å². The number of aryl methyl sites for hydroxylation is 3. The summed E-state index contributed by atoms with van der Waals surface area (Å²) in [6.07, 6.45) is -4.59. The van der Waals surface area contributed by atoms with E-state index in [9.17, 15) is 89.0 Å². The number of aliphatic carboxylic acids is 1. The topological polar surface area (TPSA) is 362 Å². The van der Waals surface area contributed by atoms with Crippen molar-refractivity contribution in [3.8, 4) is 17.2 Å². The standard InChI is InChI=1S/C33H42N2O7.C32H37F3N2O6.C29H34N2O7.C2H4F3N.9H2S/c1-33(2,3)42-32(39)27-22-40-17-18-41-26-12-7-11-24(19-26)20-28(35-16-8-13-30(35)37)29(36)21-25(31(38)34-27)15-14-23-9-5-4-6-10-23;33-32(34,35)14-13-28(38)26-21-42-16-17-43-25-9-4-8-23(18-25)19-27(37-15-5-10-30(37)40)29(39)20-24(31(41)36-26)12-11-22-6-2-1-3-7-22;32-26-18-22(12-11-20-6-2-1-3-7-20)28(34)30-24(29(35)36)19-37-14-15-38-23-9-4-8-21(16-23)17-25(26)31-13-5-10-27(31)33;3-2(4,5)1-6;;;;;;;;;/h4-7,9-12,19,25,27-28H,8,13-18,20-22H2,1-3H3,(H,34,38);1-4,6-9,18,24,26-27H,5,10-17,19-21H2,(H,36,41);1-4,6-9,16,22,24-25H,5,10-15,17-19H2,(H,30,34)(H,35,36);1,6H2;9*1H2/t25-,27+,28+;24-,26+,27+;22-,24+,25+;;;;;;;;;;/m111........../s1. The minimum Gasteiger partial charge on any atom is -0.491 e. The summed E-state index contributed by atoms with van der Waals surface area (Å²) in [6.45, 7) is 5.68. The number of hydrogen-bond donors (Lipinski definition) is 5. The fourth-order valence-corrected chi connectivity index (χ4v) is 15.7. The Morgan fingerprint density at radius 2 is 0.703 bits per heavy atom. The first-order chi connectivity index (χ1) is 61.6. The van der Waals surface area contributed by atoms with Gasteiger partial charge in [0.2, 0.25) is 35.4 Å². The number of alkyl halides is 6. The van der Waals surface area contributed by atoms with Crippen molar-refractivity contribution in [3.63, 3.8) is 0 Å². The lowest BCUT2D eigenvalue weighted by molar-refractivity contribution is -0.161. The third-order valence-corrected chi connectivity index (χ3v) is 22.4. The van der Waals surface area contributed by atoms with Crippen molar-refractivity contribution in [2.45, 2.75) is 203 Å². The molecule has 9 atom stereocenters. The summed E-state index contributed by atoms with van der Waals surface area (Å²) in [5.41, 5.74) is 8.94. The number of halogens is 6. The molecule has 0 radical (unpaired) electrons. The lowest BCUT2D eigenvalue weighted by atomic mass is 9.89. The molecule has 3 saturated heterocycles. The van der Waals surface area contributed by atoms with Crippen molar-refractivity contribution < 1.29 is 122 Å². The van der Waals surface area contributed by atoms with Crippen LogP contribution in [0, 0.1) is 17.8 Å². The highest BCUT2D eigenvalue weighted by molar-refractivity contribution is 7.60. The predicted octanol–water partition coefficient (Wildman–Crippen LogP) is 11.8. The molecular weight excluding hydrogens is 1970 g/mol. The van der Waals surface area contributed by atoms with E-state index in [-0.39, 0.29) is 248 Å². The first-order valence-corrected chi connectivity index (χ1v) is 43.8. The maximum atomic E-state index is 14.0. The van der Waals surface area contributed by atoms with Crippen LogP contribution in [0.15, 0.2) is 164 Å². The first-order valence-electron chi connectivity index (χ1n) is 43.8. The molecule has 0 aromatic heterocycles. The van der Waals surface area contributed by atoms with Gasteiger partial charge in [-0.1, -0.05) is 127 Å². The number of benzene rings is 6. The van der Waals surface area contributed by atoms with Crippen LogP contribution < -0.4 is 35.9 Å². The molecule has 42 heteroatoms. The maximum Gasteiger partial charge on any atom is 0.400 e. The summed E-state index contributed by atoms with van der Waals surface area (Å²) < 4.78 is 110. The number of nitrogens with one attached hydrogen (secondary N) is 3. The molecule has 6 aromatic carbocycles. The summed E-state index contributed by atoms with van der Waals surface area (Å²) in [5, 5.41) is 17.6. The molecule has 27 nitrogen and oxygen atoms in total. The molecule has 0 saturated carbocycles. The van der Waals surface area contributed by atoms with Crippen LogP contribution >= 0.6 is 121 Å². The number of hydrogen-bond acceptors (Lipinski definition) is 20. The predicted molar refractivity (Wildman–Crippen MR) is 555 cm³/mol. The number of amides is 6. The van der Waals surface area contributed by atoms with Gasteiger partial charge in [0.25, 0.3) is 0 Å². The number of likely N-dealkylation sites (tertiary alicyclic amines) is 3. The van der Waals surface area contributed by atoms with Gasteiger partial charge in [-0.2, -0.15) is 148 Å². The second-order valence-electron chi connectivity index (χ2n) is 33.6. The molecule has 6 bridgehead atoms. The lowest BCUT2D eigenvalue weighted by Gasteiger charge is -2.29. The van der Waals surface area contributed by atoms with Gasteiger partial charge in [-0.15, -0.1) is 0 Å². The SMILES string of the molecule is CC(C)(C)OC(=O)[C@@H]1COCCOc2cccc(c2)C[C@H](N2CCCC2=O)C(=O)C[C@@H](CCc2ccccc2)C(=O)N1.NCC(F)(F)F.O=C1N[C@H](C(=O)CCC(F)(F)F)COCCOc2cccc(c2)C[C@H](N2CCCC2=O)C(=O)C[C@H]1CCc1ccccc1.O=C1N[C@H](C(=O)O)COCCOc2cccc(c2)C[C@H](N2CCCC2=O)C(=O)C[C@H]1CCc1ccccc1.S.S.S.S.S.S.S.S.S. The Hall–Kier alpha value is -8.27. The van der Waals surface area contributed by atoms with Crippen molar-refractivity contribution in [1.82, 2.24) is 30.7 Å². The Kier molecular flexibility index (Phi) is 61.8. The minimum absolute atomic E-state index is 0. The third kappa shape index (κ3) is 45.3. The molecule has 0 unspecified atom stereocenters. The Morgan fingerprint density at radius 1 is 0.406 bits per heavy atom. The molecular formula is C96H135F6N7O20S9. The molecule has 6 aliphatic rings. The number of nitrogens with two attached hydrogens (primary N) is 1. The fourth-order valence-electron chi connectivity index (χ4n) is 15.7. The Morgan fingerprint density at radius 3 is 0.986 bits per heavy atom. The van der Waals surface area contributed by atoms with Crippen LogP contribution in [0.3, 0.4) is 0 Å². The number of carboxylic acid groups (broad SMARTS) is 1. The maximum absolute atomic E-state index is 14.0. The molecule has 6 N–H and O–H groups in total. The van der Waals surface area contributed by atoms with Crippen molar-refractivity contribution in [3.05, 3.63) is 197 Å². The second-order valence-corrected chi connectivity index (χ2v) is 33.6.